The average molecular weight is 466 g/mol. The van der Waals surface area contributed by atoms with Gasteiger partial charge in [-0.25, -0.2) is 9.78 Å². The van der Waals surface area contributed by atoms with Crippen molar-refractivity contribution in [2.75, 3.05) is 9.80 Å². The molecule has 0 unspecified atom stereocenters. The molecule has 0 N–H and O–H groups in total. The van der Waals surface area contributed by atoms with Crippen molar-refractivity contribution in [3.63, 3.8) is 0 Å². The lowest BCUT2D eigenvalue weighted by atomic mass is 10.2. The molecule has 2 aromatic carbocycles. The van der Waals surface area contributed by atoms with Gasteiger partial charge in [0.25, 0.3) is 0 Å². The van der Waals surface area contributed by atoms with Crippen molar-refractivity contribution < 1.29 is 19.1 Å². The van der Waals surface area contributed by atoms with Crippen LogP contribution in [0.25, 0.3) is 0 Å². The van der Waals surface area contributed by atoms with E-state index in [0.717, 1.165) is 16.3 Å². The minimum absolute atomic E-state index is 0.0312. The third kappa shape index (κ3) is 3.37. The number of benzene rings is 2. The molecule has 0 aliphatic carbocycles. The maximum Gasteiger partial charge on any atom is 0.343 e. The number of ether oxygens (including phenoxy) is 1. The predicted octanol–water partition coefficient (Wildman–Crippen LogP) is 4.50. The zero-order chi connectivity index (χ0) is 22.3. The maximum atomic E-state index is 13.2. The van der Waals surface area contributed by atoms with Crippen molar-refractivity contribution in [3.05, 3.63) is 65.7 Å². The number of hydrogen-bond donors (Lipinski definition) is 0. The number of amides is 2. The Morgan fingerprint density at radius 1 is 1.16 bits per heavy atom. The van der Waals surface area contributed by atoms with E-state index in [1.165, 1.54) is 34.9 Å². The van der Waals surface area contributed by atoms with Crippen LogP contribution in [0.4, 0.5) is 16.5 Å². The summed E-state index contributed by atoms with van der Waals surface area (Å²) >= 11 is 2.68. The van der Waals surface area contributed by atoms with Crippen LogP contribution in [0.5, 0.6) is 0 Å². The number of thiazole rings is 1. The fourth-order valence-electron chi connectivity index (χ4n) is 3.99. The quantitative estimate of drug-likeness (QED) is 0.516. The van der Waals surface area contributed by atoms with Crippen LogP contribution in [-0.2, 0) is 25.7 Å². The smallest absolute Gasteiger partial charge is 0.343 e. The molecule has 0 spiro atoms. The van der Waals surface area contributed by atoms with Crippen molar-refractivity contribution >= 4 is 57.4 Å². The van der Waals surface area contributed by atoms with Crippen LogP contribution < -0.4 is 9.80 Å². The highest BCUT2D eigenvalue weighted by Crippen LogP contribution is 2.56. The molecule has 1 atom stereocenters. The number of anilines is 3. The Hall–Kier alpha value is -3.17. The number of carbonyl (C=O) groups is 3. The van der Waals surface area contributed by atoms with Crippen molar-refractivity contribution in [3.8, 4) is 0 Å². The van der Waals surface area contributed by atoms with Gasteiger partial charge < -0.3 is 4.74 Å². The Balaban J connectivity index is 1.33. The minimum atomic E-state index is -1.06. The van der Waals surface area contributed by atoms with Crippen LogP contribution in [0.1, 0.15) is 25.5 Å². The van der Waals surface area contributed by atoms with Gasteiger partial charge in [-0.2, -0.15) is 0 Å². The van der Waals surface area contributed by atoms with E-state index < -0.39 is 10.8 Å². The van der Waals surface area contributed by atoms with E-state index in [2.05, 4.69) is 4.98 Å². The van der Waals surface area contributed by atoms with Gasteiger partial charge in [0.05, 0.1) is 17.1 Å². The summed E-state index contributed by atoms with van der Waals surface area (Å²) in [6.07, 6.45) is 0.709. The molecule has 3 aromatic rings. The lowest BCUT2D eigenvalue weighted by Gasteiger charge is -2.28. The zero-order valence-corrected chi connectivity index (χ0v) is 18.8. The van der Waals surface area contributed by atoms with Crippen molar-refractivity contribution in [2.45, 2.75) is 36.1 Å². The Morgan fingerprint density at radius 2 is 1.91 bits per heavy atom. The number of fused-ring (bicyclic) bond motifs is 3. The fourth-order valence-corrected chi connectivity index (χ4v) is 6.28. The predicted molar refractivity (Wildman–Crippen MR) is 123 cm³/mol. The molecule has 32 heavy (non-hydrogen) atoms. The molecule has 162 valence electrons. The zero-order valence-electron chi connectivity index (χ0n) is 17.2. The number of thioether (sulfide) groups is 1. The summed E-state index contributed by atoms with van der Waals surface area (Å²) in [5.41, 5.74) is 2.03. The maximum absolute atomic E-state index is 13.2. The first kappa shape index (κ1) is 20.7. The summed E-state index contributed by atoms with van der Waals surface area (Å²) in [6, 6.07) is 16.8. The van der Waals surface area contributed by atoms with E-state index in [1.54, 1.807) is 10.3 Å². The summed E-state index contributed by atoms with van der Waals surface area (Å²) < 4.78 is 5.64. The molecule has 2 aliphatic heterocycles. The Bertz CT molecular complexity index is 1210. The van der Waals surface area contributed by atoms with E-state index in [1.807, 2.05) is 54.6 Å². The van der Waals surface area contributed by atoms with Crippen molar-refractivity contribution in [1.82, 2.24) is 4.98 Å². The van der Waals surface area contributed by atoms with Crippen LogP contribution in [0.3, 0.4) is 0 Å². The lowest BCUT2D eigenvalue weighted by Crippen LogP contribution is -2.47. The Labute approximate surface area is 193 Å². The number of para-hydroxylation sites is 2. The highest BCUT2D eigenvalue weighted by Gasteiger charge is 2.58. The van der Waals surface area contributed by atoms with Crippen LogP contribution in [0.15, 0.2) is 64.9 Å². The van der Waals surface area contributed by atoms with Gasteiger partial charge in [0, 0.05) is 30.0 Å². The monoisotopic (exact) mass is 465 g/mol. The molecule has 1 saturated heterocycles. The highest BCUT2D eigenvalue weighted by molar-refractivity contribution is 8.02. The summed E-state index contributed by atoms with van der Waals surface area (Å²) in [5, 5.41) is 2.28. The normalized spacial score (nSPS) is 18.9. The van der Waals surface area contributed by atoms with Crippen LogP contribution in [0, 0.1) is 0 Å². The topological polar surface area (TPSA) is 79.8 Å². The molecule has 0 radical (unpaired) electrons. The molecule has 0 saturated carbocycles. The van der Waals surface area contributed by atoms with Crippen molar-refractivity contribution in [2.24, 2.45) is 0 Å². The average Bonchev–Trinajstić information content (AvgIpc) is 3.47. The molecule has 1 aromatic heterocycles. The number of aromatic nitrogens is 1. The number of esters is 1. The Morgan fingerprint density at radius 3 is 2.69 bits per heavy atom. The van der Waals surface area contributed by atoms with Gasteiger partial charge in [-0.05, 0) is 24.3 Å². The first-order valence-corrected chi connectivity index (χ1v) is 11.8. The standard InChI is InChI=1S/C23H19N3O4S2/c1-15(27)25(17-7-3-2-4-8-17)22-24-16(14-31-22)13-30-21(29)23-12-11-20(28)26(23)18-9-5-6-10-19(18)32-23/h2-10,14H,11-13H2,1H3/t23-/m1/s1. The molecule has 9 heteroatoms. The van der Waals surface area contributed by atoms with E-state index in [0.29, 0.717) is 23.7 Å². The third-order valence-corrected chi connectivity index (χ3v) is 7.73. The molecule has 0 bridgehead atoms. The number of hydrogen-bond acceptors (Lipinski definition) is 7. The number of nitrogens with zero attached hydrogens (tertiary/aromatic N) is 3. The van der Waals surface area contributed by atoms with E-state index >= 15 is 0 Å². The second kappa shape index (κ2) is 8.07. The number of rotatable bonds is 5. The van der Waals surface area contributed by atoms with Crippen LogP contribution in [-0.4, -0.2) is 27.6 Å². The summed E-state index contributed by atoms with van der Waals surface area (Å²) in [5.74, 6) is -0.686. The number of carbonyl (C=O) groups excluding carboxylic acids is 3. The molecule has 7 nitrogen and oxygen atoms in total. The van der Waals surface area contributed by atoms with Crippen molar-refractivity contribution in [1.29, 1.82) is 0 Å². The molecule has 3 heterocycles. The second-order valence-electron chi connectivity index (χ2n) is 7.47. The minimum Gasteiger partial charge on any atom is -0.457 e. The highest BCUT2D eigenvalue weighted by atomic mass is 32.2. The van der Waals surface area contributed by atoms with E-state index in [-0.39, 0.29) is 18.4 Å². The fraction of sp³-hybridized carbons (Fsp3) is 0.217. The third-order valence-electron chi connectivity index (χ3n) is 5.40. The van der Waals surface area contributed by atoms with Gasteiger partial charge in [0.2, 0.25) is 11.8 Å². The SMILES string of the molecule is CC(=O)N(c1ccccc1)c1nc(COC(=O)[C@]23CCC(=O)N2c2ccccc2S3)cs1. The van der Waals surface area contributed by atoms with Gasteiger partial charge in [-0.1, -0.05) is 42.1 Å². The summed E-state index contributed by atoms with van der Waals surface area (Å²) in [6.45, 7) is 1.45. The molecule has 2 aliphatic rings. The second-order valence-corrected chi connectivity index (χ2v) is 9.63. The summed E-state index contributed by atoms with van der Waals surface area (Å²) in [4.78, 5) is 45.4. The van der Waals surface area contributed by atoms with Gasteiger partial charge in [0.15, 0.2) is 10.0 Å². The molecule has 2 amide bonds. The molecule has 5 rings (SSSR count). The van der Waals surface area contributed by atoms with Crippen LogP contribution >= 0.6 is 23.1 Å². The van der Waals surface area contributed by atoms with E-state index in [4.69, 9.17) is 4.74 Å². The molecule has 1 fully saturated rings. The first-order chi connectivity index (χ1) is 15.5. The van der Waals surface area contributed by atoms with Gasteiger partial charge in [0.1, 0.15) is 6.61 Å². The Kier molecular flexibility index (Phi) is 5.22. The molecular weight excluding hydrogens is 446 g/mol. The van der Waals surface area contributed by atoms with Crippen LogP contribution in [0.2, 0.25) is 0 Å². The van der Waals surface area contributed by atoms with Gasteiger partial charge in [-0.3, -0.25) is 19.4 Å². The van der Waals surface area contributed by atoms with E-state index in [9.17, 15) is 14.4 Å². The molecular formula is C23H19N3O4S2. The summed E-state index contributed by atoms with van der Waals surface area (Å²) in [7, 11) is 0. The van der Waals surface area contributed by atoms with Gasteiger partial charge >= 0.3 is 5.97 Å². The lowest BCUT2D eigenvalue weighted by molar-refractivity contribution is -0.148. The first-order valence-electron chi connectivity index (χ1n) is 10.1. The largest absolute Gasteiger partial charge is 0.457 e. The van der Waals surface area contributed by atoms with Gasteiger partial charge in [-0.15, -0.1) is 11.3 Å².